The molecule has 2 aliphatic heterocycles. The minimum Gasteiger partial charge on any atom is -0.338 e. The van der Waals surface area contributed by atoms with Crippen LogP contribution in [-0.4, -0.2) is 37.0 Å². The van der Waals surface area contributed by atoms with Gasteiger partial charge in [0.1, 0.15) is 5.82 Å². The number of nitrogens with zero attached hydrogens (tertiary/aromatic N) is 1. The first-order valence-corrected chi connectivity index (χ1v) is 7.15. The largest absolute Gasteiger partial charge is 0.338 e. The van der Waals surface area contributed by atoms with E-state index in [2.05, 4.69) is 5.32 Å². The summed E-state index contributed by atoms with van der Waals surface area (Å²) < 4.78 is 39.9. The fourth-order valence-corrected chi connectivity index (χ4v) is 3.34. The zero-order valence-electron chi connectivity index (χ0n) is 11.6. The Morgan fingerprint density at radius 1 is 1.14 bits per heavy atom. The molecule has 1 atom stereocenters. The average molecular weight is 298 g/mol. The Bertz CT molecular complexity index is 570. The van der Waals surface area contributed by atoms with Gasteiger partial charge in [0.15, 0.2) is 11.6 Å². The molecule has 1 N–H and O–H groups in total. The normalized spacial score (nSPS) is 25.6. The molecule has 0 aliphatic carbocycles. The molecule has 2 heterocycles. The highest BCUT2D eigenvalue weighted by Gasteiger charge is 2.41. The van der Waals surface area contributed by atoms with Crippen LogP contribution in [0.5, 0.6) is 0 Å². The van der Waals surface area contributed by atoms with E-state index in [9.17, 15) is 18.0 Å². The zero-order valence-corrected chi connectivity index (χ0v) is 11.6. The van der Waals surface area contributed by atoms with Gasteiger partial charge in [-0.3, -0.25) is 4.79 Å². The van der Waals surface area contributed by atoms with Gasteiger partial charge in [-0.15, -0.1) is 0 Å². The highest BCUT2D eigenvalue weighted by Crippen LogP contribution is 2.37. The van der Waals surface area contributed by atoms with Crippen molar-refractivity contribution < 1.29 is 18.0 Å². The molecule has 1 spiro atoms. The number of likely N-dealkylation sites (tertiary alicyclic amines) is 1. The van der Waals surface area contributed by atoms with E-state index in [0.717, 1.165) is 32.4 Å². The molecule has 6 heteroatoms. The van der Waals surface area contributed by atoms with Gasteiger partial charge in [0.05, 0.1) is 5.56 Å². The summed E-state index contributed by atoms with van der Waals surface area (Å²) in [6, 6.07) is 1.08. The maximum atomic E-state index is 13.7. The van der Waals surface area contributed by atoms with Gasteiger partial charge in [-0.2, -0.15) is 0 Å². The van der Waals surface area contributed by atoms with Crippen LogP contribution in [0, 0.1) is 22.9 Å². The Hall–Kier alpha value is -1.56. The van der Waals surface area contributed by atoms with E-state index in [1.807, 2.05) is 0 Å². The summed E-state index contributed by atoms with van der Waals surface area (Å²) in [5.41, 5.74) is -0.349. The van der Waals surface area contributed by atoms with Crippen molar-refractivity contribution in [2.45, 2.75) is 19.3 Å². The number of carbonyl (C=O) groups excluding carboxylic acids is 1. The summed E-state index contributed by atoms with van der Waals surface area (Å²) in [7, 11) is 0. The van der Waals surface area contributed by atoms with Crippen LogP contribution in [0.2, 0.25) is 0 Å². The topological polar surface area (TPSA) is 32.3 Å². The van der Waals surface area contributed by atoms with Gasteiger partial charge in [0.25, 0.3) is 5.91 Å². The standard InChI is InChI=1S/C15H17F3N2O/c16-11-7-13(18)12(17)6-10(11)14(21)20-5-3-15(9-20)2-1-4-19-8-15/h6-7,19H,1-5,8-9H2. The quantitative estimate of drug-likeness (QED) is 0.807. The molecule has 0 radical (unpaired) electrons. The Morgan fingerprint density at radius 2 is 1.90 bits per heavy atom. The molecule has 0 saturated carbocycles. The van der Waals surface area contributed by atoms with Crippen LogP contribution in [0.3, 0.4) is 0 Å². The monoisotopic (exact) mass is 298 g/mol. The number of hydrogen-bond acceptors (Lipinski definition) is 2. The van der Waals surface area contributed by atoms with Crippen molar-refractivity contribution in [3.63, 3.8) is 0 Å². The fraction of sp³-hybridized carbons (Fsp3) is 0.533. The third-order valence-electron chi connectivity index (χ3n) is 4.53. The predicted octanol–water partition coefficient (Wildman–Crippen LogP) is 2.32. The molecule has 2 saturated heterocycles. The summed E-state index contributed by atoms with van der Waals surface area (Å²) >= 11 is 0. The fourth-order valence-electron chi connectivity index (χ4n) is 3.34. The number of benzene rings is 1. The minimum atomic E-state index is -1.28. The Morgan fingerprint density at radius 3 is 2.62 bits per heavy atom. The van der Waals surface area contributed by atoms with Gasteiger partial charge < -0.3 is 10.2 Å². The Labute approximate surface area is 121 Å². The van der Waals surface area contributed by atoms with E-state index in [4.69, 9.17) is 0 Å². The van der Waals surface area contributed by atoms with Crippen LogP contribution >= 0.6 is 0 Å². The van der Waals surface area contributed by atoms with Gasteiger partial charge in [-0.1, -0.05) is 0 Å². The van der Waals surface area contributed by atoms with Gasteiger partial charge in [-0.25, -0.2) is 13.2 Å². The molecular weight excluding hydrogens is 281 g/mol. The molecule has 3 rings (SSSR count). The van der Waals surface area contributed by atoms with E-state index in [1.54, 1.807) is 4.90 Å². The number of piperidine rings is 1. The first-order valence-electron chi connectivity index (χ1n) is 7.15. The van der Waals surface area contributed by atoms with Crippen LogP contribution in [0.25, 0.3) is 0 Å². The lowest BCUT2D eigenvalue weighted by Gasteiger charge is -2.33. The second-order valence-corrected chi connectivity index (χ2v) is 6.00. The van der Waals surface area contributed by atoms with E-state index < -0.39 is 28.9 Å². The van der Waals surface area contributed by atoms with Gasteiger partial charge in [-0.05, 0) is 31.9 Å². The summed E-state index contributed by atoms with van der Waals surface area (Å²) in [6.45, 7) is 2.89. The number of carbonyl (C=O) groups is 1. The lowest BCUT2D eigenvalue weighted by atomic mass is 9.80. The van der Waals surface area contributed by atoms with E-state index >= 15 is 0 Å². The molecule has 21 heavy (non-hydrogen) atoms. The van der Waals surface area contributed by atoms with Crippen LogP contribution in [0.1, 0.15) is 29.6 Å². The SMILES string of the molecule is O=C(c1cc(F)c(F)cc1F)N1CCC2(CCCNC2)C1. The first kappa shape index (κ1) is 14.4. The van der Waals surface area contributed by atoms with E-state index in [0.29, 0.717) is 25.2 Å². The summed E-state index contributed by atoms with van der Waals surface area (Å²) in [6.07, 6.45) is 2.95. The van der Waals surface area contributed by atoms with Crippen molar-refractivity contribution in [2.75, 3.05) is 26.2 Å². The maximum Gasteiger partial charge on any atom is 0.256 e. The van der Waals surface area contributed by atoms with Crippen LogP contribution in [0.4, 0.5) is 13.2 Å². The van der Waals surface area contributed by atoms with Gasteiger partial charge in [0.2, 0.25) is 0 Å². The lowest BCUT2D eigenvalue weighted by molar-refractivity contribution is 0.0759. The van der Waals surface area contributed by atoms with Gasteiger partial charge in [0, 0.05) is 31.1 Å². The molecule has 2 aliphatic rings. The van der Waals surface area contributed by atoms with E-state index in [1.165, 1.54) is 0 Å². The molecule has 1 aromatic rings. The minimum absolute atomic E-state index is 0.0446. The summed E-state index contributed by atoms with van der Waals surface area (Å²) in [4.78, 5) is 13.9. The molecule has 1 amide bonds. The highest BCUT2D eigenvalue weighted by atomic mass is 19.2. The number of amides is 1. The van der Waals surface area contributed by atoms with Crippen molar-refractivity contribution in [1.82, 2.24) is 10.2 Å². The molecule has 0 bridgehead atoms. The van der Waals surface area contributed by atoms with Crippen LogP contribution < -0.4 is 5.32 Å². The Kier molecular flexibility index (Phi) is 3.65. The number of halogens is 3. The number of nitrogens with one attached hydrogen (secondary N) is 1. The second-order valence-electron chi connectivity index (χ2n) is 6.00. The molecule has 3 nitrogen and oxygen atoms in total. The van der Waals surface area contributed by atoms with Crippen molar-refractivity contribution in [2.24, 2.45) is 5.41 Å². The van der Waals surface area contributed by atoms with Crippen molar-refractivity contribution in [1.29, 1.82) is 0 Å². The van der Waals surface area contributed by atoms with Crippen LogP contribution in [0.15, 0.2) is 12.1 Å². The van der Waals surface area contributed by atoms with Gasteiger partial charge >= 0.3 is 0 Å². The smallest absolute Gasteiger partial charge is 0.256 e. The molecule has 0 aromatic heterocycles. The summed E-state index contributed by atoms with van der Waals surface area (Å²) in [5.74, 6) is -4.05. The lowest BCUT2D eigenvalue weighted by Crippen LogP contribution is -2.42. The maximum absolute atomic E-state index is 13.7. The molecule has 1 aromatic carbocycles. The second kappa shape index (κ2) is 5.33. The molecule has 2 fully saturated rings. The summed E-state index contributed by atoms with van der Waals surface area (Å²) in [5, 5.41) is 3.32. The average Bonchev–Trinajstić information content (AvgIpc) is 2.87. The molecule has 1 unspecified atom stereocenters. The number of rotatable bonds is 1. The Balaban J connectivity index is 1.79. The van der Waals surface area contributed by atoms with Crippen molar-refractivity contribution >= 4 is 5.91 Å². The number of hydrogen-bond donors (Lipinski definition) is 1. The molecular formula is C15H17F3N2O. The van der Waals surface area contributed by atoms with E-state index in [-0.39, 0.29) is 5.41 Å². The van der Waals surface area contributed by atoms with Crippen molar-refractivity contribution in [3.05, 3.63) is 35.1 Å². The third-order valence-corrected chi connectivity index (χ3v) is 4.53. The molecule has 114 valence electrons. The third kappa shape index (κ3) is 2.64. The predicted molar refractivity (Wildman–Crippen MR) is 71.4 cm³/mol. The van der Waals surface area contributed by atoms with Crippen LogP contribution in [-0.2, 0) is 0 Å². The first-order chi connectivity index (χ1) is 10.0. The zero-order chi connectivity index (χ0) is 15.0. The highest BCUT2D eigenvalue weighted by molar-refractivity contribution is 5.94. The van der Waals surface area contributed by atoms with Crippen molar-refractivity contribution in [3.8, 4) is 0 Å².